The highest BCUT2D eigenvalue weighted by atomic mass is 16.5. The van der Waals surface area contributed by atoms with Crippen LogP contribution in [0.5, 0.6) is 0 Å². The second-order valence-corrected chi connectivity index (χ2v) is 4.92. The Morgan fingerprint density at radius 1 is 1.47 bits per heavy atom. The fraction of sp³-hybridized carbons (Fsp3) is 0.833. The topological polar surface area (TPSA) is 54.2 Å². The monoisotopic (exact) mass is 238 g/mol. The maximum atomic E-state index is 5.39. The van der Waals surface area contributed by atoms with E-state index in [9.17, 15) is 0 Å². The molecular weight excluding hydrogens is 216 g/mol. The number of likely N-dealkylation sites (tertiary alicyclic amines) is 1. The molecule has 1 aromatic rings. The Morgan fingerprint density at radius 3 is 3.00 bits per heavy atom. The van der Waals surface area contributed by atoms with Crippen molar-refractivity contribution in [3.8, 4) is 0 Å². The highest BCUT2D eigenvalue weighted by Gasteiger charge is 2.30. The maximum Gasteiger partial charge on any atom is 0.244 e. The van der Waals surface area contributed by atoms with E-state index in [-0.39, 0.29) is 0 Å². The van der Waals surface area contributed by atoms with E-state index >= 15 is 0 Å². The molecule has 1 saturated heterocycles. The zero-order valence-electron chi connectivity index (χ0n) is 10.9. The molecule has 1 fully saturated rings. The largest absolute Gasteiger partial charge is 0.338 e. The molecule has 1 atom stereocenters. The van der Waals surface area contributed by atoms with Gasteiger partial charge in [-0.2, -0.15) is 4.98 Å². The van der Waals surface area contributed by atoms with Gasteiger partial charge in [-0.3, -0.25) is 4.90 Å². The van der Waals surface area contributed by atoms with Crippen molar-refractivity contribution in [3.63, 3.8) is 0 Å². The molecule has 1 unspecified atom stereocenters. The van der Waals surface area contributed by atoms with Crippen molar-refractivity contribution in [2.24, 2.45) is 0 Å². The quantitative estimate of drug-likeness (QED) is 0.865. The number of nitrogens with one attached hydrogen (secondary N) is 1. The van der Waals surface area contributed by atoms with Gasteiger partial charge in [-0.25, -0.2) is 0 Å². The first-order valence-corrected chi connectivity index (χ1v) is 6.45. The van der Waals surface area contributed by atoms with Gasteiger partial charge in [0.05, 0.1) is 12.6 Å². The standard InChI is InChI=1S/C12H22N4O/c1-9(2)16-7-5-4-6-10(16)12-14-11(8-13-3)15-17-12/h9-10,13H,4-8H2,1-3H3. The Balaban J connectivity index is 2.11. The predicted octanol–water partition coefficient (Wildman–Crippen LogP) is 1.72. The Kier molecular flexibility index (Phi) is 4.12. The van der Waals surface area contributed by atoms with Crippen molar-refractivity contribution in [1.29, 1.82) is 0 Å². The van der Waals surface area contributed by atoms with E-state index in [1.54, 1.807) is 0 Å². The lowest BCUT2D eigenvalue weighted by Crippen LogP contribution is -2.38. The number of nitrogens with zero attached hydrogens (tertiary/aromatic N) is 3. The Labute approximate surface area is 103 Å². The van der Waals surface area contributed by atoms with Gasteiger partial charge in [-0.1, -0.05) is 11.6 Å². The lowest BCUT2D eigenvalue weighted by Gasteiger charge is -2.36. The van der Waals surface area contributed by atoms with Gasteiger partial charge in [0.15, 0.2) is 5.82 Å². The van der Waals surface area contributed by atoms with Crippen LogP contribution in [-0.2, 0) is 6.54 Å². The molecule has 0 spiro atoms. The third kappa shape index (κ3) is 2.84. The molecule has 5 heteroatoms. The smallest absolute Gasteiger partial charge is 0.244 e. The van der Waals surface area contributed by atoms with Gasteiger partial charge in [-0.05, 0) is 40.3 Å². The van der Waals surface area contributed by atoms with E-state index in [0.29, 0.717) is 18.6 Å². The van der Waals surface area contributed by atoms with E-state index in [1.807, 2.05) is 7.05 Å². The molecule has 5 nitrogen and oxygen atoms in total. The van der Waals surface area contributed by atoms with Gasteiger partial charge in [-0.15, -0.1) is 0 Å². The van der Waals surface area contributed by atoms with E-state index < -0.39 is 0 Å². The van der Waals surface area contributed by atoms with Crippen molar-refractivity contribution in [3.05, 3.63) is 11.7 Å². The summed E-state index contributed by atoms with van der Waals surface area (Å²) < 4.78 is 5.39. The zero-order valence-corrected chi connectivity index (χ0v) is 10.9. The minimum Gasteiger partial charge on any atom is -0.338 e. The van der Waals surface area contributed by atoms with Crippen LogP contribution in [0.3, 0.4) is 0 Å². The summed E-state index contributed by atoms with van der Waals surface area (Å²) in [6, 6.07) is 0.835. The maximum absolute atomic E-state index is 5.39. The summed E-state index contributed by atoms with van der Waals surface area (Å²) in [6.07, 6.45) is 3.64. The van der Waals surface area contributed by atoms with Crippen molar-refractivity contribution in [2.75, 3.05) is 13.6 Å². The highest BCUT2D eigenvalue weighted by Crippen LogP contribution is 2.31. The molecule has 0 aliphatic carbocycles. The average molecular weight is 238 g/mol. The number of hydrogen-bond donors (Lipinski definition) is 1. The van der Waals surface area contributed by atoms with Crippen LogP contribution in [0, 0.1) is 0 Å². The van der Waals surface area contributed by atoms with Gasteiger partial charge in [0.1, 0.15) is 0 Å². The van der Waals surface area contributed by atoms with Crippen LogP contribution in [0.2, 0.25) is 0 Å². The molecule has 1 N–H and O–H groups in total. The molecule has 17 heavy (non-hydrogen) atoms. The van der Waals surface area contributed by atoms with Crippen molar-refractivity contribution in [1.82, 2.24) is 20.4 Å². The van der Waals surface area contributed by atoms with E-state index in [4.69, 9.17) is 4.52 Å². The molecule has 1 aromatic heterocycles. The third-order valence-electron chi connectivity index (χ3n) is 3.31. The molecule has 1 aliphatic heterocycles. The van der Waals surface area contributed by atoms with Crippen LogP contribution in [0.15, 0.2) is 4.52 Å². The predicted molar refractivity (Wildman–Crippen MR) is 65.5 cm³/mol. The first-order valence-electron chi connectivity index (χ1n) is 6.45. The second kappa shape index (κ2) is 5.60. The minimum atomic E-state index is 0.307. The van der Waals surface area contributed by atoms with Crippen LogP contribution in [0.1, 0.15) is 50.9 Å². The molecule has 0 radical (unpaired) electrons. The number of hydrogen-bond acceptors (Lipinski definition) is 5. The van der Waals surface area contributed by atoms with Gasteiger partial charge < -0.3 is 9.84 Å². The van der Waals surface area contributed by atoms with Gasteiger partial charge in [0.25, 0.3) is 0 Å². The Morgan fingerprint density at radius 2 is 2.29 bits per heavy atom. The van der Waals surface area contributed by atoms with E-state index in [0.717, 1.165) is 24.7 Å². The number of rotatable bonds is 4. The summed E-state index contributed by atoms with van der Waals surface area (Å²) in [5.74, 6) is 1.53. The van der Waals surface area contributed by atoms with E-state index in [2.05, 4.69) is 34.2 Å². The van der Waals surface area contributed by atoms with E-state index in [1.165, 1.54) is 12.8 Å². The van der Waals surface area contributed by atoms with Crippen LogP contribution in [0.4, 0.5) is 0 Å². The van der Waals surface area contributed by atoms with Crippen LogP contribution < -0.4 is 5.32 Å². The summed E-state index contributed by atoms with van der Waals surface area (Å²) in [6.45, 7) is 6.25. The molecule has 0 amide bonds. The number of piperidine rings is 1. The first kappa shape index (κ1) is 12.5. The molecule has 96 valence electrons. The van der Waals surface area contributed by atoms with Crippen LogP contribution >= 0.6 is 0 Å². The van der Waals surface area contributed by atoms with Crippen molar-refractivity contribution in [2.45, 2.75) is 51.7 Å². The second-order valence-electron chi connectivity index (χ2n) is 4.92. The molecule has 1 aliphatic rings. The molecular formula is C12H22N4O. The number of aromatic nitrogens is 2. The summed E-state index contributed by atoms with van der Waals surface area (Å²) in [5, 5.41) is 7.04. The molecule has 0 bridgehead atoms. The highest BCUT2D eigenvalue weighted by molar-refractivity contribution is 4.96. The van der Waals surface area contributed by atoms with Gasteiger partial charge in [0.2, 0.25) is 5.89 Å². The summed E-state index contributed by atoms with van der Waals surface area (Å²) in [5.41, 5.74) is 0. The third-order valence-corrected chi connectivity index (χ3v) is 3.31. The van der Waals surface area contributed by atoms with Gasteiger partial charge in [0, 0.05) is 6.04 Å². The molecule has 2 rings (SSSR count). The Hall–Kier alpha value is -0.940. The molecule has 2 heterocycles. The summed E-state index contributed by atoms with van der Waals surface area (Å²) in [4.78, 5) is 6.93. The SMILES string of the molecule is CNCc1noc(C2CCCCN2C(C)C)n1. The summed E-state index contributed by atoms with van der Waals surface area (Å²) in [7, 11) is 1.89. The van der Waals surface area contributed by atoms with Crippen LogP contribution in [0.25, 0.3) is 0 Å². The molecule has 0 aromatic carbocycles. The van der Waals surface area contributed by atoms with Crippen molar-refractivity contribution < 1.29 is 4.52 Å². The zero-order chi connectivity index (χ0) is 12.3. The lowest BCUT2D eigenvalue weighted by molar-refractivity contribution is 0.0875. The fourth-order valence-corrected chi connectivity index (χ4v) is 2.47. The minimum absolute atomic E-state index is 0.307. The van der Waals surface area contributed by atoms with Gasteiger partial charge >= 0.3 is 0 Å². The fourth-order valence-electron chi connectivity index (χ4n) is 2.47. The van der Waals surface area contributed by atoms with Crippen LogP contribution in [-0.4, -0.2) is 34.7 Å². The first-order chi connectivity index (χ1) is 8.22. The Bertz CT molecular complexity index is 350. The molecule has 0 saturated carbocycles. The van der Waals surface area contributed by atoms with Crippen molar-refractivity contribution >= 4 is 0 Å². The summed E-state index contributed by atoms with van der Waals surface area (Å²) >= 11 is 0. The lowest BCUT2D eigenvalue weighted by atomic mass is 10.0. The normalized spacial score (nSPS) is 22.2. The average Bonchev–Trinajstić information content (AvgIpc) is 2.78.